The van der Waals surface area contributed by atoms with Gasteiger partial charge in [0, 0.05) is 5.56 Å². The highest BCUT2D eigenvalue weighted by Crippen LogP contribution is 2.41. The van der Waals surface area contributed by atoms with Crippen LogP contribution in [0.5, 0.6) is 11.5 Å². The molecule has 1 aliphatic rings. The van der Waals surface area contributed by atoms with Crippen LogP contribution in [0.1, 0.15) is 68.8 Å². The number of nitrogens with one attached hydrogen (secondary N) is 1. The molecule has 32 heavy (non-hydrogen) atoms. The average Bonchev–Trinajstić information content (AvgIpc) is 2.79. The van der Waals surface area contributed by atoms with E-state index in [0.29, 0.717) is 24.3 Å². The van der Waals surface area contributed by atoms with Gasteiger partial charge in [0.15, 0.2) is 0 Å². The predicted octanol–water partition coefficient (Wildman–Crippen LogP) is 4.56. The quantitative estimate of drug-likeness (QED) is 0.306. The maximum absolute atomic E-state index is 13.3. The van der Waals surface area contributed by atoms with E-state index >= 15 is 0 Å². The molecule has 170 valence electrons. The average molecular weight is 440 g/mol. The molecular weight excluding hydrogens is 410 g/mol. The summed E-state index contributed by atoms with van der Waals surface area (Å²) in [6.07, 6.45) is 4.20. The Labute approximate surface area is 187 Å². The molecule has 7 nitrogen and oxygen atoms in total. The number of hydrogen-bond donors (Lipinski definition) is 2. The first-order chi connectivity index (χ1) is 15.2. The summed E-state index contributed by atoms with van der Waals surface area (Å²) in [5, 5.41) is 8.73. The van der Waals surface area contributed by atoms with Crippen molar-refractivity contribution in [2.45, 2.75) is 58.3 Å². The molecule has 7 heteroatoms. The van der Waals surface area contributed by atoms with E-state index in [1.165, 1.54) is 24.3 Å². The number of rotatable bonds is 5. The largest absolute Gasteiger partial charge is 0.426 e. The third kappa shape index (κ3) is 5.16. The van der Waals surface area contributed by atoms with Gasteiger partial charge in [-0.3, -0.25) is 19.6 Å². The van der Waals surface area contributed by atoms with Crippen molar-refractivity contribution in [1.82, 2.24) is 5.48 Å². The van der Waals surface area contributed by atoms with Gasteiger partial charge in [0.25, 0.3) is 5.91 Å². The number of carbonyl (C=O) groups excluding carboxylic acids is 3. The maximum Gasteiger partial charge on any atom is 0.321 e. The van der Waals surface area contributed by atoms with Crippen LogP contribution in [-0.4, -0.2) is 23.1 Å². The Kier molecular flexibility index (Phi) is 6.99. The van der Waals surface area contributed by atoms with E-state index in [1.807, 2.05) is 12.1 Å². The van der Waals surface area contributed by atoms with Crippen LogP contribution in [0.4, 0.5) is 0 Å². The van der Waals surface area contributed by atoms with Gasteiger partial charge in [0.05, 0.1) is 10.8 Å². The summed E-state index contributed by atoms with van der Waals surface area (Å²) in [5.41, 5.74) is 1.25. The summed E-state index contributed by atoms with van der Waals surface area (Å²) in [6, 6.07) is 13.1. The van der Waals surface area contributed by atoms with Gasteiger partial charge in [0.2, 0.25) is 0 Å². The van der Waals surface area contributed by atoms with Crippen LogP contribution in [0.15, 0.2) is 48.5 Å². The maximum atomic E-state index is 13.3. The summed E-state index contributed by atoms with van der Waals surface area (Å²) >= 11 is 0. The van der Waals surface area contributed by atoms with E-state index < -0.39 is 16.7 Å². The fraction of sp³-hybridized carbons (Fsp3) is 0.400. The Balaban J connectivity index is 1.81. The fourth-order valence-corrected chi connectivity index (χ4v) is 3.81. The van der Waals surface area contributed by atoms with E-state index in [-0.39, 0.29) is 17.5 Å². The number of amides is 1. The van der Waals surface area contributed by atoms with Crippen LogP contribution in [-0.2, 0) is 15.0 Å². The molecule has 0 aromatic heterocycles. The van der Waals surface area contributed by atoms with Crippen molar-refractivity contribution >= 4 is 17.8 Å². The standard InChI is InChI=1S/C25H29NO6/c1-24(2,3)22(28)31-20-13-9-18(10-14-20)25(15-5-4-6-16-25)23(29)32-19-11-7-17(8-12-19)21(27)26-30/h7-14,30H,4-6,15-16H2,1-3H3,(H,26,27). The summed E-state index contributed by atoms with van der Waals surface area (Å²) in [4.78, 5) is 37.0. The summed E-state index contributed by atoms with van der Waals surface area (Å²) < 4.78 is 11.1. The molecule has 1 aliphatic carbocycles. The van der Waals surface area contributed by atoms with Crippen molar-refractivity contribution in [3.8, 4) is 11.5 Å². The smallest absolute Gasteiger partial charge is 0.321 e. The Morgan fingerprint density at radius 2 is 1.38 bits per heavy atom. The van der Waals surface area contributed by atoms with Gasteiger partial charge >= 0.3 is 11.9 Å². The summed E-state index contributed by atoms with van der Waals surface area (Å²) in [6.45, 7) is 5.37. The van der Waals surface area contributed by atoms with E-state index in [4.69, 9.17) is 14.7 Å². The van der Waals surface area contributed by atoms with Crippen LogP contribution in [0.3, 0.4) is 0 Å². The Bertz CT molecular complexity index is 967. The number of hydroxylamine groups is 1. The molecule has 3 rings (SSSR count). The molecule has 0 heterocycles. The lowest BCUT2D eigenvalue weighted by molar-refractivity contribution is -0.143. The lowest BCUT2D eigenvalue weighted by atomic mass is 9.69. The second-order valence-corrected chi connectivity index (χ2v) is 9.16. The molecule has 2 aromatic rings. The summed E-state index contributed by atoms with van der Waals surface area (Å²) in [7, 11) is 0. The molecule has 1 amide bonds. The zero-order valence-electron chi connectivity index (χ0n) is 18.6. The molecule has 0 atom stereocenters. The van der Waals surface area contributed by atoms with Gasteiger partial charge in [-0.2, -0.15) is 0 Å². The normalized spacial score (nSPS) is 15.5. The lowest BCUT2D eigenvalue weighted by Gasteiger charge is -2.35. The van der Waals surface area contributed by atoms with Crippen molar-refractivity contribution in [3.63, 3.8) is 0 Å². The van der Waals surface area contributed by atoms with E-state index in [0.717, 1.165) is 24.8 Å². The zero-order chi connectivity index (χ0) is 23.4. The first kappa shape index (κ1) is 23.5. The van der Waals surface area contributed by atoms with Crippen molar-refractivity contribution in [1.29, 1.82) is 0 Å². The minimum atomic E-state index is -0.786. The van der Waals surface area contributed by atoms with Gasteiger partial charge in [-0.05, 0) is 75.6 Å². The first-order valence-electron chi connectivity index (χ1n) is 10.8. The zero-order valence-corrected chi connectivity index (χ0v) is 18.6. The highest BCUT2D eigenvalue weighted by atomic mass is 16.5. The van der Waals surface area contributed by atoms with Gasteiger partial charge in [-0.15, -0.1) is 0 Å². The van der Waals surface area contributed by atoms with Crippen LogP contribution in [0.25, 0.3) is 0 Å². The Morgan fingerprint density at radius 1 is 0.844 bits per heavy atom. The van der Waals surface area contributed by atoms with Crippen molar-refractivity contribution < 1.29 is 29.1 Å². The molecule has 0 saturated heterocycles. The van der Waals surface area contributed by atoms with Crippen molar-refractivity contribution in [2.75, 3.05) is 0 Å². The fourth-order valence-electron chi connectivity index (χ4n) is 3.81. The topological polar surface area (TPSA) is 102 Å². The molecule has 0 spiro atoms. The van der Waals surface area contributed by atoms with E-state index in [1.54, 1.807) is 38.4 Å². The summed E-state index contributed by atoms with van der Waals surface area (Å²) in [5.74, 6) is -0.554. The van der Waals surface area contributed by atoms with Crippen LogP contribution in [0.2, 0.25) is 0 Å². The number of hydrogen-bond acceptors (Lipinski definition) is 6. The lowest BCUT2D eigenvalue weighted by Crippen LogP contribution is -2.41. The van der Waals surface area contributed by atoms with E-state index in [9.17, 15) is 14.4 Å². The Hall–Kier alpha value is -3.19. The van der Waals surface area contributed by atoms with Crippen molar-refractivity contribution in [3.05, 3.63) is 59.7 Å². The highest BCUT2D eigenvalue weighted by Gasteiger charge is 2.43. The molecule has 0 unspecified atom stereocenters. The van der Waals surface area contributed by atoms with Gasteiger partial charge < -0.3 is 9.47 Å². The molecule has 2 aromatic carbocycles. The van der Waals surface area contributed by atoms with Crippen LogP contribution in [0, 0.1) is 5.41 Å². The molecule has 0 bridgehead atoms. The molecule has 0 aliphatic heterocycles. The van der Waals surface area contributed by atoms with Crippen molar-refractivity contribution in [2.24, 2.45) is 5.41 Å². The van der Waals surface area contributed by atoms with Gasteiger partial charge in [-0.1, -0.05) is 31.4 Å². The number of esters is 2. The minimum absolute atomic E-state index is 0.250. The Morgan fingerprint density at radius 3 is 1.91 bits per heavy atom. The first-order valence-corrected chi connectivity index (χ1v) is 10.8. The second-order valence-electron chi connectivity index (χ2n) is 9.16. The monoisotopic (exact) mass is 439 g/mol. The third-order valence-electron chi connectivity index (χ3n) is 5.76. The minimum Gasteiger partial charge on any atom is -0.426 e. The number of ether oxygens (including phenoxy) is 2. The molecule has 1 fully saturated rings. The SMILES string of the molecule is CC(C)(C)C(=O)Oc1ccc(C2(C(=O)Oc3ccc(C(=O)NO)cc3)CCCCC2)cc1. The van der Waals surface area contributed by atoms with Crippen LogP contribution >= 0.6 is 0 Å². The van der Waals surface area contributed by atoms with E-state index in [2.05, 4.69) is 0 Å². The third-order valence-corrected chi connectivity index (χ3v) is 5.76. The number of carbonyl (C=O) groups is 3. The van der Waals surface area contributed by atoms with Crippen LogP contribution < -0.4 is 15.0 Å². The molecular formula is C25H29NO6. The highest BCUT2D eigenvalue weighted by molar-refractivity contribution is 5.93. The molecule has 2 N–H and O–H groups in total. The molecule has 0 radical (unpaired) electrons. The van der Waals surface area contributed by atoms with Gasteiger partial charge in [-0.25, -0.2) is 5.48 Å². The predicted molar refractivity (Wildman–Crippen MR) is 118 cm³/mol. The van der Waals surface area contributed by atoms with Gasteiger partial charge in [0.1, 0.15) is 11.5 Å². The number of benzene rings is 2. The second kappa shape index (κ2) is 9.53. The molecule has 1 saturated carbocycles.